The summed E-state index contributed by atoms with van der Waals surface area (Å²) in [5.41, 5.74) is 1.35. The van der Waals surface area contributed by atoms with E-state index in [-0.39, 0.29) is 5.43 Å². The lowest BCUT2D eigenvalue weighted by Gasteiger charge is -2.15. The zero-order valence-corrected chi connectivity index (χ0v) is 14.0. The van der Waals surface area contributed by atoms with E-state index < -0.39 is 5.82 Å². The summed E-state index contributed by atoms with van der Waals surface area (Å²) in [5, 5.41) is 3.81. The monoisotopic (exact) mass is 333 g/mol. The predicted molar refractivity (Wildman–Crippen MR) is 92.7 cm³/mol. The van der Waals surface area contributed by atoms with E-state index in [1.165, 1.54) is 18.6 Å². The highest BCUT2D eigenvalue weighted by Crippen LogP contribution is 2.15. The Hall–Kier alpha value is -1.76. The molecule has 0 amide bonds. The van der Waals surface area contributed by atoms with Crippen molar-refractivity contribution in [3.05, 3.63) is 46.0 Å². The predicted octanol–water partition coefficient (Wildman–Crippen LogP) is 1.73. The fourth-order valence-corrected chi connectivity index (χ4v) is 3.28. The van der Waals surface area contributed by atoms with Gasteiger partial charge in [-0.3, -0.25) is 4.79 Å². The van der Waals surface area contributed by atoms with E-state index in [9.17, 15) is 9.18 Å². The van der Waals surface area contributed by atoms with Gasteiger partial charge in [-0.15, -0.1) is 0 Å². The van der Waals surface area contributed by atoms with E-state index in [1.54, 1.807) is 19.2 Å². The lowest BCUT2D eigenvalue weighted by molar-refractivity contribution is 0.159. The van der Waals surface area contributed by atoms with Crippen LogP contribution in [0.2, 0.25) is 0 Å². The van der Waals surface area contributed by atoms with E-state index in [1.807, 2.05) is 0 Å². The van der Waals surface area contributed by atoms with E-state index >= 15 is 0 Å². The van der Waals surface area contributed by atoms with Crippen molar-refractivity contribution in [1.29, 1.82) is 0 Å². The molecule has 2 aromatic rings. The number of nitrogens with one attached hydrogen (secondary N) is 2. The van der Waals surface area contributed by atoms with Crippen molar-refractivity contribution in [1.82, 2.24) is 15.2 Å². The van der Waals surface area contributed by atoms with E-state index in [4.69, 9.17) is 4.74 Å². The minimum absolute atomic E-state index is 0.147. The van der Waals surface area contributed by atoms with Gasteiger partial charge >= 0.3 is 0 Å². The molecular weight excluding hydrogens is 309 g/mol. The number of ether oxygens (including phenoxy) is 1. The first-order valence-corrected chi connectivity index (χ1v) is 8.39. The average Bonchev–Trinajstić information content (AvgIpc) is 3.01. The minimum Gasteiger partial charge on any atom is -0.383 e. The number of aromatic nitrogens is 1. The van der Waals surface area contributed by atoms with Crippen LogP contribution in [0.3, 0.4) is 0 Å². The molecule has 130 valence electrons. The van der Waals surface area contributed by atoms with Gasteiger partial charge in [0.25, 0.3) is 0 Å². The van der Waals surface area contributed by atoms with Crippen molar-refractivity contribution in [2.24, 2.45) is 5.92 Å². The number of benzene rings is 1. The molecule has 24 heavy (non-hydrogen) atoms. The molecule has 1 saturated heterocycles. The van der Waals surface area contributed by atoms with Crippen LogP contribution in [0.4, 0.5) is 4.39 Å². The van der Waals surface area contributed by atoms with Gasteiger partial charge in [-0.05, 0) is 43.6 Å². The number of aromatic amines is 1. The van der Waals surface area contributed by atoms with E-state index in [0.29, 0.717) is 23.4 Å². The maximum atomic E-state index is 13.2. The summed E-state index contributed by atoms with van der Waals surface area (Å²) in [5.74, 6) is 0.237. The van der Waals surface area contributed by atoms with Gasteiger partial charge in [0, 0.05) is 49.4 Å². The molecule has 1 atom stereocenters. The van der Waals surface area contributed by atoms with Gasteiger partial charge in [0.05, 0.1) is 6.61 Å². The second kappa shape index (κ2) is 7.88. The fraction of sp³-hybridized carbons (Fsp3) is 0.500. The molecule has 0 bridgehead atoms. The Kier molecular flexibility index (Phi) is 5.60. The molecule has 0 saturated carbocycles. The standard InChI is InChI=1S/C18H24FN3O2/c1-24-7-6-22-5-4-13(12-22)10-20-11-15-9-18(23)16-8-14(19)2-3-17(16)21-15/h2-3,8-9,13,20H,4-7,10-12H2,1H3,(H,21,23)/t13-/m1/s1. The fourth-order valence-electron chi connectivity index (χ4n) is 3.28. The summed E-state index contributed by atoms with van der Waals surface area (Å²) in [6.45, 7) is 5.50. The molecule has 1 aliphatic heterocycles. The van der Waals surface area contributed by atoms with Crippen LogP contribution in [0, 0.1) is 11.7 Å². The zero-order valence-electron chi connectivity index (χ0n) is 14.0. The smallest absolute Gasteiger partial charge is 0.189 e. The third kappa shape index (κ3) is 4.20. The largest absolute Gasteiger partial charge is 0.383 e. The van der Waals surface area contributed by atoms with Gasteiger partial charge < -0.3 is 19.9 Å². The van der Waals surface area contributed by atoms with Gasteiger partial charge in [-0.1, -0.05) is 0 Å². The second-order valence-corrected chi connectivity index (χ2v) is 6.43. The number of likely N-dealkylation sites (tertiary alicyclic amines) is 1. The van der Waals surface area contributed by atoms with Crippen molar-refractivity contribution in [2.45, 2.75) is 13.0 Å². The van der Waals surface area contributed by atoms with Gasteiger partial charge in [0.15, 0.2) is 5.43 Å². The summed E-state index contributed by atoms with van der Waals surface area (Å²) in [7, 11) is 1.73. The molecule has 1 aliphatic rings. The number of nitrogens with zero attached hydrogens (tertiary/aromatic N) is 1. The lowest BCUT2D eigenvalue weighted by atomic mass is 10.1. The van der Waals surface area contributed by atoms with Crippen molar-refractivity contribution in [3.8, 4) is 0 Å². The maximum Gasteiger partial charge on any atom is 0.189 e. The Morgan fingerprint density at radius 1 is 1.42 bits per heavy atom. The molecule has 2 heterocycles. The number of halogens is 1. The molecule has 5 nitrogen and oxygen atoms in total. The number of H-pyrrole nitrogens is 1. The molecule has 1 fully saturated rings. The normalized spacial score (nSPS) is 18.5. The molecular formula is C18H24FN3O2. The molecule has 0 radical (unpaired) electrons. The third-order valence-corrected chi connectivity index (χ3v) is 4.58. The number of fused-ring (bicyclic) bond motifs is 1. The lowest BCUT2D eigenvalue weighted by Crippen LogP contribution is -2.28. The van der Waals surface area contributed by atoms with Crippen LogP contribution < -0.4 is 10.7 Å². The average molecular weight is 333 g/mol. The molecule has 2 N–H and O–H groups in total. The molecule has 1 aromatic carbocycles. The van der Waals surface area contributed by atoms with Crippen LogP contribution in [0.1, 0.15) is 12.1 Å². The number of pyridine rings is 1. The minimum atomic E-state index is -0.391. The highest BCUT2D eigenvalue weighted by molar-refractivity contribution is 5.78. The first-order chi connectivity index (χ1) is 11.7. The molecule has 6 heteroatoms. The van der Waals surface area contributed by atoms with Crippen LogP contribution in [0.25, 0.3) is 10.9 Å². The van der Waals surface area contributed by atoms with E-state index in [2.05, 4.69) is 15.2 Å². The molecule has 1 aromatic heterocycles. The van der Waals surface area contributed by atoms with Crippen molar-refractivity contribution >= 4 is 10.9 Å². The third-order valence-electron chi connectivity index (χ3n) is 4.58. The van der Waals surface area contributed by atoms with Crippen LogP contribution in [-0.2, 0) is 11.3 Å². The first kappa shape index (κ1) is 17.1. The van der Waals surface area contributed by atoms with Crippen LogP contribution in [0.5, 0.6) is 0 Å². The van der Waals surface area contributed by atoms with Crippen LogP contribution in [0.15, 0.2) is 29.1 Å². The topological polar surface area (TPSA) is 57.4 Å². The van der Waals surface area contributed by atoms with Crippen molar-refractivity contribution < 1.29 is 9.13 Å². The molecule has 0 unspecified atom stereocenters. The SMILES string of the molecule is COCCN1CC[C@H](CNCc2cc(=O)c3cc(F)ccc3[nH]2)C1. The number of hydrogen-bond acceptors (Lipinski definition) is 4. The Morgan fingerprint density at radius 3 is 3.12 bits per heavy atom. The van der Waals surface area contributed by atoms with Crippen molar-refractivity contribution in [2.75, 3.05) is 39.9 Å². The Bertz CT molecular complexity index is 747. The number of methoxy groups -OCH3 is 1. The van der Waals surface area contributed by atoms with Crippen LogP contribution in [-0.4, -0.2) is 49.8 Å². The van der Waals surface area contributed by atoms with Gasteiger partial charge in [0.2, 0.25) is 0 Å². The highest BCUT2D eigenvalue weighted by Gasteiger charge is 2.21. The Labute approximate surface area is 140 Å². The maximum absolute atomic E-state index is 13.2. The summed E-state index contributed by atoms with van der Waals surface area (Å²) < 4.78 is 18.3. The molecule has 0 spiro atoms. The molecule has 0 aliphatic carbocycles. The first-order valence-electron chi connectivity index (χ1n) is 8.39. The Morgan fingerprint density at radius 2 is 2.29 bits per heavy atom. The summed E-state index contributed by atoms with van der Waals surface area (Å²) >= 11 is 0. The quantitative estimate of drug-likeness (QED) is 0.810. The van der Waals surface area contributed by atoms with Gasteiger partial charge in [-0.25, -0.2) is 4.39 Å². The van der Waals surface area contributed by atoms with E-state index in [0.717, 1.165) is 38.5 Å². The highest BCUT2D eigenvalue weighted by atomic mass is 19.1. The summed E-state index contributed by atoms with van der Waals surface area (Å²) in [6.07, 6.45) is 1.18. The number of hydrogen-bond donors (Lipinski definition) is 2. The second-order valence-electron chi connectivity index (χ2n) is 6.43. The van der Waals surface area contributed by atoms with Crippen molar-refractivity contribution in [3.63, 3.8) is 0 Å². The Balaban J connectivity index is 1.53. The zero-order chi connectivity index (χ0) is 16.9. The summed E-state index contributed by atoms with van der Waals surface area (Å²) in [4.78, 5) is 17.7. The van der Waals surface area contributed by atoms with Gasteiger partial charge in [-0.2, -0.15) is 0 Å². The van der Waals surface area contributed by atoms with Crippen LogP contribution >= 0.6 is 0 Å². The summed E-state index contributed by atoms with van der Waals surface area (Å²) in [6, 6.07) is 5.80. The molecule has 3 rings (SSSR count). The number of rotatable bonds is 7. The van der Waals surface area contributed by atoms with Gasteiger partial charge in [0.1, 0.15) is 5.82 Å².